The van der Waals surface area contributed by atoms with Crippen LogP contribution in [0.25, 0.3) is 0 Å². The summed E-state index contributed by atoms with van der Waals surface area (Å²) in [5.74, 6) is -2.43. The van der Waals surface area contributed by atoms with Crippen LogP contribution in [0.4, 0.5) is 0 Å². The van der Waals surface area contributed by atoms with E-state index in [0.29, 0.717) is 12.8 Å². The molecule has 0 N–H and O–H groups in total. The van der Waals surface area contributed by atoms with Crippen molar-refractivity contribution >= 4 is 17.7 Å². The number of methoxy groups -OCH3 is 1. The first-order valence-electron chi connectivity index (χ1n) is 7.12. The molecular formula is C16H22O5. The quantitative estimate of drug-likeness (QED) is 0.443. The normalized spacial score (nSPS) is 32.0. The fraction of sp³-hybridized carbons (Fsp3) is 0.688. The van der Waals surface area contributed by atoms with Gasteiger partial charge in [0.2, 0.25) is 0 Å². The molecule has 21 heavy (non-hydrogen) atoms. The van der Waals surface area contributed by atoms with E-state index < -0.39 is 28.8 Å². The number of Topliss-reactive ketones (excluding diaryl/α,β-unsaturated/α-hetero) is 1. The monoisotopic (exact) mass is 294 g/mol. The van der Waals surface area contributed by atoms with Crippen molar-refractivity contribution in [1.29, 1.82) is 0 Å². The van der Waals surface area contributed by atoms with Gasteiger partial charge in [0.05, 0.1) is 12.5 Å². The Kier molecular flexibility index (Phi) is 3.72. The Hall–Kier alpha value is -1.65. The van der Waals surface area contributed by atoms with Gasteiger partial charge in [-0.3, -0.25) is 14.4 Å². The fourth-order valence-corrected chi connectivity index (χ4v) is 3.38. The lowest BCUT2D eigenvalue weighted by Gasteiger charge is -2.34. The number of hydrogen-bond donors (Lipinski definition) is 0. The van der Waals surface area contributed by atoms with Crippen LogP contribution < -0.4 is 0 Å². The molecule has 5 nitrogen and oxygen atoms in total. The summed E-state index contributed by atoms with van der Waals surface area (Å²) in [6, 6.07) is 0. The lowest BCUT2D eigenvalue weighted by Crippen LogP contribution is -2.44. The second-order valence-corrected chi connectivity index (χ2v) is 7.06. The van der Waals surface area contributed by atoms with Crippen LogP contribution in [0.5, 0.6) is 0 Å². The van der Waals surface area contributed by atoms with Crippen molar-refractivity contribution in [1.82, 2.24) is 0 Å². The molecule has 0 aromatic carbocycles. The van der Waals surface area contributed by atoms with Crippen molar-refractivity contribution in [2.75, 3.05) is 7.11 Å². The van der Waals surface area contributed by atoms with E-state index in [2.05, 4.69) is 6.58 Å². The maximum Gasteiger partial charge on any atom is 0.317 e. The van der Waals surface area contributed by atoms with E-state index in [-0.39, 0.29) is 18.2 Å². The van der Waals surface area contributed by atoms with Crippen molar-refractivity contribution in [2.24, 2.45) is 17.3 Å². The molecule has 2 fully saturated rings. The van der Waals surface area contributed by atoms with E-state index in [9.17, 15) is 14.4 Å². The Morgan fingerprint density at radius 2 is 1.90 bits per heavy atom. The summed E-state index contributed by atoms with van der Waals surface area (Å²) in [4.78, 5) is 36.9. The molecular weight excluding hydrogens is 272 g/mol. The van der Waals surface area contributed by atoms with Gasteiger partial charge in [-0.15, -0.1) is 0 Å². The summed E-state index contributed by atoms with van der Waals surface area (Å²) in [6.45, 7) is 9.15. The van der Waals surface area contributed by atoms with Crippen LogP contribution in [0, 0.1) is 17.3 Å². The summed E-state index contributed by atoms with van der Waals surface area (Å²) in [7, 11) is 1.33. The molecule has 2 saturated carbocycles. The van der Waals surface area contributed by atoms with Crippen molar-refractivity contribution in [3.8, 4) is 0 Å². The van der Waals surface area contributed by atoms with Gasteiger partial charge in [0.1, 0.15) is 11.5 Å². The minimum atomic E-state index is -0.902. The fourth-order valence-electron chi connectivity index (χ4n) is 3.38. The van der Waals surface area contributed by atoms with Crippen LogP contribution in [0.2, 0.25) is 0 Å². The zero-order valence-corrected chi connectivity index (χ0v) is 13.0. The predicted molar refractivity (Wildman–Crippen MR) is 75.3 cm³/mol. The van der Waals surface area contributed by atoms with E-state index in [1.807, 2.05) is 0 Å². The molecule has 2 bridgehead atoms. The molecule has 0 heterocycles. The number of esters is 2. The SMILES string of the molecule is C=C1C[C@]2(C(=O)OC)C[C@H]1C(=O)[C@@H](C(=O)OC(C)(C)C)C2. The molecule has 2 aliphatic rings. The average molecular weight is 294 g/mol. The first-order chi connectivity index (χ1) is 9.59. The second kappa shape index (κ2) is 4.97. The maximum absolute atomic E-state index is 12.5. The molecule has 0 amide bonds. The Morgan fingerprint density at radius 1 is 1.29 bits per heavy atom. The average Bonchev–Trinajstić information content (AvgIpc) is 2.65. The highest BCUT2D eigenvalue weighted by Gasteiger charge is 2.58. The van der Waals surface area contributed by atoms with Crippen LogP contribution >= 0.6 is 0 Å². The van der Waals surface area contributed by atoms with E-state index >= 15 is 0 Å². The smallest absolute Gasteiger partial charge is 0.317 e. The highest BCUT2D eigenvalue weighted by molar-refractivity contribution is 6.04. The first kappa shape index (κ1) is 15.7. The minimum Gasteiger partial charge on any atom is -0.469 e. The first-order valence-corrected chi connectivity index (χ1v) is 7.12. The number of ether oxygens (including phenoxy) is 2. The summed E-state index contributed by atoms with van der Waals surface area (Å²) >= 11 is 0. The van der Waals surface area contributed by atoms with Crippen LogP contribution in [-0.2, 0) is 23.9 Å². The Morgan fingerprint density at radius 3 is 2.43 bits per heavy atom. The highest BCUT2D eigenvalue weighted by atomic mass is 16.6. The summed E-state index contributed by atoms with van der Waals surface area (Å²) in [5, 5.41) is 0. The van der Waals surface area contributed by atoms with Gasteiger partial charge in [-0.2, -0.15) is 0 Å². The minimum absolute atomic E-state index is 0.156. The van der Waals surface area contributed by atoms with Gasteiger partial charge >= 0.3 is 11.9 Å². The Labute approximate surface area is 124 Å². The van der Waals surface area contributed by atoms with Gasteiger partial charge in [0.15, 0.2) is 5.78 Å². The molecule has 2 rings (SSSR count). The third-order valence-electron chi connectivity index (χ3n) is 4.24. The van der Waals surface area contributed by atoms with Crippen LogP contribution in [-0.4, -0.2) is 30.4 Å². The van der Waals surface area contributed by atoms with E-state index in [0.717, 1.165) is 5.57 Å². The van der Waals surface area contributed by atoms with Crippen molar-refractivity contribution in [2.45, 2.75) is 45.6 Å². The standard InChI is InChI=1S/C16H22O5/c1-9-6-16(14(19)20-5)7-10(9)12(17)11(8-16)13(18)21-15(2,3)4/h10-11H,1,6-8H2,2-5H3/t10-,11+,16+/m1/s1. The number of ketones is 1. The largest absolute Gasteiger partial charge is 0.469 e. The van der Waals surface area contributed by atoms with Crippen molar-refractivity contribution in [3.63, 3.8) is 0 Å². The lowest BCUT2D eigenvalue weighted by atomic mass is 9.70. The number of allylic oxidation sites excluding steroid dienone is 1. The lowest BCUT2D eigenvalue weighted by molar-refractivity contribution is -0.168. The second-order valence-electron chi connectivity index (χ2n) is 7.06. The number of fused-ring (bicyclic) bond motifs is 2. The van der Waals surface area contributed by atoms with Crippen LogP contribution in [0.1, 0.15) is 40.0 Å². The Bertz CT molecular complexity index is 513. The summed E-state index contributed by atoms with van der Waals surface area (Å²) in [5.41, 5.74) is -0.744. The van der Waals surface area contributed by atoms with E-state index in [4.69, 9.17) is 9.47 Å². The molecule has 0 unspecified atom stereocenters. The third kappa shape index (κ3) is 2.74. The number of carbonyl (C=O) groups is 3. The van der Waals surface area contributed by atoms with Gasteiger partial charge in [0.25, 0.3) is 0 Å². The molecule has 2 aliphatic carbocycles. The molecule has 0 spiro atoms. The van der Waals surface area contributed by atoms with Crippen LogP contribution in [0.3, 0.4) is 0 Å². The molecule has 0 saturated heterocycles. The third-order valence-corrected chi connectivity index (χ3v) is 4.24. The number of hydrogen-bond acceptors (Lipinski definition) is 5. The number of carbonyl (C=O) groups excluding carboxylic acids is 3. The molecule has 5 heteroatoms. The van der Waals surface area contributed by atoms with Crippen molar-refractivity contribution in [3.05, 3.63) is 12.2 Å². The molecule has 116 valence electrons. The van der Waals surface area contributed by atoms with Gasteiger partial charge in [-0.1, -0.05) is 12.2 Å². The van der Waals surface area contributed by atoms with E-state index in [1.165, 1.54) is 7.11 Å². The maximum atomic E-state index is 12.5. The van der Waals surface area contributed by atoms with Crippen molar-refractivity contribution < 1.29 is 23.9 Å². The number of rotatable bonds is 2. The summed E-state index contributed by atoms with van der Waals surface area (Å²) in [6.07, 6.45) is 0.967. The molecule has 0 radical (unpaired) electrons. The molecule has 0 aromatic rings. The molecule has 0 aromatic heterocycles. The van der Waals surface area contributed by atoms with Crippen LogP contribution in [0.15, 0.2) is 12.2 Å². The topological polar surface area (TPSA) is 69.7 Å². The van der Waals surface area contributed by atoms with Gasteiger partial charge in [0, 0.05) is 5.92 Å². The van der Waals surface area contributed by atoms with Gasteiger partial charge in [-0.25, -0.2) is 0 Å². The Balaban J connectivity index is 2.29. The molecule has 0 aliphatic heterocycles. The summed E-state index contributed by atoms with van der Waals surface area (Å²) < 4.78 is 10.2. The van der Waals surface area contributed by atoms with Gasteiger partial charge in [-0.05, 0) is 40.0 Å². The van der Waals surface area contributed by atoms with Gasteiger partial charge < -0.3 is 9.47 Å². The predicted octanol–water partition coefficient (Wildman–Crippen LogP) is 2.04. The molecule has 3 atom stereocenters. The zero-order chi connectivity index (χ0) is 16.0. The highest BCUT2D eigenvalue weighted by Crippen LogP contribution is 2.54. The van der Waals surface area contributed by atoms with E-state index in [1.54, 1.807) is 20.8 Å². The zero-order valence-electron chi connectivity index (χ0n) is 13.0.